The van der Waals surface area contributed by atoms with E-state index in [9.17, 15) is 19.5 Å². The fourth-order valence-electron chi connectivity index (χ4n) is 7.40. The molecule has 1 saturated heterocycles. The molecular weight excluding hydrogens is 703 g/mol. The molecule has 2 heterocycles. The van der Waals surface area contributed by atoms with E-state index in [1.165, 1.54) is 6.92 Å². The van der Waals surface area contributed by atoms with E-state index in [0.717, 1.165) is 30.1 Å². The largest absolute Gasteiger partial charge is 0.457 e. The number of anilines is 1. The Hall–Kier alpha value is -3.25. The average molecular weight is 770 g/mol. The van der Waals surface area contributed by atoms with Crippen molar-refractivity contribution in [3.8, 4) is 0 Å². The van der Waals surface area contributed by atoms with Crippen LogP contribution in [0.2, 0.25) is 18.1 Å². The van der Waals surface area contributed by atoms with Crippen LogP contribution in [-0.4, -0.2) is 73.7 Å². The van der Waals surface area contributed by atoms with Gasteiger partial charge in [0.25, 0.3) is 0 Å². The van der Waals surface area contributed by atoms with Crippen molar-refractivity contribution in [2.24, 2.45) is 17.8 Å². The Morgan fingerprint density at radius 3 is 2.35 bits per heavy atom. The first kappa shape index (κ1) is 45.1. The standard InChI is InChI=1S/C43H67NO9Si/c1-11-36(51-42(47)44-34-21-16-15-17-22-34)32(8)41-37(50-41)27-29(5)19-18-20-30(6)40-31(7)23-24-38(49-33(9)45)43(10,48)26-25-35(28-39(46)52-40)53-54(12-2,13-3)14-4/h15-24,29,31-32,35-38,40-41,48H,11-14,25-28H2,1-10H3,(H,44,47). The van der Waals surface area contributed by atoms with E-state index in [1.54, 1.807) is 13.0 Å². The second-order valence-corrected chi connectivity index (χ2v) is 20.3. The number of ether oxygens (including phenoxy) is 4. The number of carbonyl (C=O) groups excluding carboxylic acids is 3. The molecule has 0 bridgehead atoms. The zero-order valence-corrected chi connectivity index (χ0v) is 35.3. The summed E-state index contributed by atoms with van der Waals surface area (Å²) in [5.41, 5.74) is 0.194. The molecule has 1 aromatic carbocycles. The number of esters is 2. The van der Waals surface area contributed by atoms with E-state index in [2.05, 4.69) is 46.0 Å². The number of para-hydroxylation sites is 1. The van der Waals surface area contributed by atoms with Crippen molar-refractivity contribution in [3.63, 3.8) is 0 Å². The number of hydrogen-bond donors (Lipinski definition) is 2. The van der Waals surface area contributed by atoms with Crippen LogP contribution in [0.1, 0.15) is 101 Å². The number of benzene rings is 1. The fraction of sp³-hybridized carbons (Fsp3) is 0.651. The predicted octanol–water partition coefficient (Wildman–Crippen LogP) is 9.31. The molecule has 11 heteroatoms. The van der Waals surface area contributed by atoms with Crippen molar-refractivity contribution in [1.82, 2.24) is 0 Å². The number of hydrogen-bond acceptors (Lipinski definition) is 9. The second-order valence-electron chi connectivity index (χ2n) is 15.6. The molecule has 0 aromatic heterocycles. The highest BCUT2D eigenvalue weighted by Gasteiger charge is 2.46. The van der Waals surface area contributed by atoms with E-state index in [-0.39, 0.29) is 48.5 Å². The number of cyclic esters (lactones) is 1. The maximum Gasteiger partial charge on any atom is 0.411 e. The number of amides is 1. The van der Waals surface area contributed by atoms with Gasteiger partial charge in [-0.2, -0.15) is 0 Å². The molecule has 2 aliphatic rings. The van der Waals surface area contributed by atoms with Crippen LogP contribution in [-0.2, 0) is 33.0 Å². The first-order chi connectivity index (χ1) is 25.6. The molecule has 0 aliphatic carbocycles. The summed E-state index contributed by atoms with van der Waals surface area (Å²) in [5.74, 6) is -0.836. The van der Waals surface area contributed by atoms with Gasteiger partial charge in [0.15, 0.2) is 8.32 Å². The third-order valence-electron chi connectivity index (χ3n) is 11.2. The van der Waals surface area contributed by atoms with E-state index >= 15 is 0 Å². The molecule has 3 rings (SSSR count). The summed E-state index contributed by atoms with van der Waals surface area (Å²) in [5, 5.41) is 14.3. The SMILES string of the molecule is CCC(OC(=O)Nc1ccccc1)C(C)C1OC1CC(C)C=CC=C(C)C1OC(=O)CC(O[Si](CC)(CC)CC)CCC(C)(O)C(OC(C)=O)C=CC1C. The van der Waals surface area contributed by atoms with E-state index in [4.69, 9.17) is 23.4 Å². The number of carbonyl (C=O) groups is 3. The summed E-state index contributed by atoms with van der Waals surface area (Å²) in [4.78, 5) is 38.2. The summed E-state index contributed by atoms with van der Waals surface area (Å²) >= 11 is 0. The molecule has 10 unspecified atom stereocenters. The van der Waals surface area contributed by atoms with Gasteiger partial charge >= 0.3 is 18.0 Å². The normalized spacial score (nSPS) is 28.6. The van der Waals surface area contributed by atoms with Crippen molar-refractivity contribution < 1.29 is 42.9 Å². The van der Waals surface area contributed by atoms with Crippen LogP contribution < -0.4 is 5.32 Å². The molecule has 1 aromatic rings. The van der Waals surface area contributed by atoms with Gasteiger partial charge < -0.3 is 28.5 Å². The van der Waals surface area contributed by atoms with Crippen LogP contribution in [0.5, 0.6) is 0 Å². The Morgan fingerprint density at radius 1 is 1.07 bits per heavy atom. The highest BCUT2D eigenvalue weighted by Crippen LogP contribution is 2.38. The van der Waals surface area contributed by atoms with Gasteiger partial charge in [-0.1, -0.05) is 91.0 Å². The van der Waals surface area contributed by atoms with Crippen LogP contribution in [0.4, 0.5) is 10.5 Å². The Morgan fingerprint density at radius 2 is 1.74 bits per heavy atom. The van der Waals surface area contributed by atoms with E-state index in [1.807, 2.05) is 69.3 Å². The van der Waals surface area contributed by atoms with Crippen molar-refractivity contribution >= 4 is 32.0 Å². The smallest absolute Gasteiger partial charge is 0.411 e. The molecule has 2 aliphatic heterocycles. The van der Waals surface area contributed by atoms with Crippen molar-refractivity contribution in [1.29, 1.82) is 0 Å². The molecule has 1 fully saturated rings. The topological polar surface area (TPSA) is 133 Å². The van der Waals surface area contributed by atoms with Gasteiger partial charge in [0, 0.05) is 24.4 Å². The number of nitrogens with one attached hydrogen (secondary N) is 1. The summed E-state index contributed by atoms with van der Waals surface area (Å²) in [6.45, 7) is 19.6. The van der Waals surface area contributed by atoms with Gasteiger partial charge in [0.1, 0.15) is 23.9 Å². The van der Waals surface area contributed by atoms with Crippen molar-refractivity contribution in [3.05, 3.63) is 66.3 Å². The molecule has 1 amide bonds. The number of allylic oxidation sites excluding steroid dienone is 3. The quantitative estimate of drug-likeness (QED) is 0.0422. The minimum Gasteiger partial charge on any atom is -0.457 e. The van der Waals surface area contributed by atoms with Gasteiger partial charge in [-0.3, -0.25) is 14.9 Å². The van der Waals surface area contributed by atoms with Crippen LogP contribution in [0.15, 0.2) is 66.3 Å². The fourth-order valence-corrected chi connectivity index (χ4v) is 10.3. The van der Waals surface area contributed by atoms with Crippen LogP contribution in [0.3, 0.4) is 0 Å². The number of rotatable bonds is 16. The first-order valence-electron chi connectivity index (χ1n) is 20.0. The molecular formula is C43H67NO9Si. The van der Waals surface area contributed by atoms with Gasteiger partial charge in [0.05, 0.1) is 24.7 Å². The van der Waals surface area contributed by atoms with Crippen molar-refractivity contribution in [2.45, 2.75) is 162 Å². The van der Waals surface area contributed by atoms with Crippen LogP contribution in [0.25, 0.3) is 0 Å². The van der Waals surface area contributed by atoms with E-state index < -0.39 is 44.3 Å². The predicted molar refractivity (Wildman–Crippen MR) is 215 cm³/mol. The highest BCUT2D eigenvalue weighted by atomic mass is 28.4. The minimum absolute atomic E-state index is 0.0140. The molecule has 0 spiro atoms. The minimum atomic E-state index is -2.08. The molecule has 0 radical (unpaired) electrons. The maximum atomic E-state index is 13.6. The molecule has 10 atom stereocenters. The lowest BCUT2D eigenvalue weighted by Crippen LogP contribution is -2.45. The average Bonchev–Trinajstić information content (AvgIpc) is 3.90. The van der Waals surface area contributed by atoms with Gasteiger partial charge in [-0.05, 0) is 87.4 Å². The second kappa shape index (κ2) is 21.2. The zero-order chi connectivity index (χ0) is 40.1. The Balaban J connectivity index is 1.70. The lowest BCUT2D eigenvalue weighted by Gasteiger charge is -2.36. The zero-order valence-electron chi connectivity index (χ0n) is 34.3. The summed E-state index contributed by atoms with van der Waals surface area (Å²) in [7, 11) is -2.08. The number of aliphatic hydroxyl groups is 1. The van der Waals surface area contributed by atoms with Gasteiger partial charge in [0.2, 0.25) is 0 Å². The summed E-state index contributed by atoms with van der Waals surface area (Å²) in [6.07, 6.45) is 9.45. The third-order valence-corrected chi connectivity index (χ3v) is 15.9. The maximum absolute atomic E-state index is 13.6. The Kier molecular flexibility index (Phi) is 17.7. The Labute approximate surface area is 325 Å². The molecule has 302 valence electrons. The Bertz CT molecular complexity index is 1430. The molecule has 54 heavy (non-hydrogen) atoms. The van der Waals surface area contributed by atoms with Crippen LogP contribution in [0, 0.1) is 17.8 Å². The van der Waals surface area contributed by atoms with Gasteiger partial charge in [-0.25, -0.2) is 4.79 Å². The van der Waals surface area contributed by atoms with E-state index in [0.29, 0.717) is 24.9 Å². The molecule has 0 saturated carbocycles. The lowest BCUT2D eigenvalue weighted by molar-refractivity contribution is -0.157. The molecule has 10 nitrogen and oxygen atoms in total. The van der Waals surface area contributed by atoms with Gasteiger partial charge in [-0.15, -0.1) is 0 Å². The van der Waals surface area contributed by atoms with Crippen LogP contribution >= 0.6 is 0 Å². The highest BCUT2D eigenvalue weighted by molar-refractivity contribution is 6.73. The lowest BCUT2D eigenvalue weighted by atomic mass is 9.88. The first-order valence-corrected chi connectivity index (χ1v) is 22.6. The monoisotopic (exact) mass is 769 g/mol. The third kappa shape index (κ3) is 13.8. The van der Waals surface area contributed by atoms with Crippen molar-refractivity contribution in [2.75, 3.05) is 5.32 Å². The summed E-state index contributed by atoms with van der Waals surface area (Å²) < 4.78 is 30.4. The summed E-state index contributed by atoms with van der Waals surface area (Å²) in [6, 6.07) is 12.0. The molecule has 2 N–H and O–H groups in total. The number of epoxide rings is 1.